The topological polar surface area (TPSA) is 63.8 Å². The Hall–Kier alpha value is -7.45. The molecule has 4 aromatic heterocycles. The average molecular weight is 731 g/mol. The fraction of sp³-hybridized carbons (Fsp3) is 0.0204. The molecule has 258 valence electrons. The van der Waals surface area contributed by atoms with Crippen molar-refractivity contribution in [3.8, 4) is 28.8 Å². The molecule has 1 unspecified atom stereocenters. The molecule has 10 aromatic rings. The van der Waals surface area contributed by atoms with Crippen LogP contribution in [0.25, 0.3) is 71.2 Å². The van der Waals surface area contributed by atoms with Crippen molar-refractivity contribution in [3.05, 3.63) is 197 Å². The van der Waals surface area contributed by atoms with E-state index in [2.05, 4.69) is 135 Å². The van der Waals surface area contributed by atoms with E-state index < -0.39 is 5.41 Å². The molecule has 5 heterocycles. The molecule has 56 heavy (non-hydrogen) atoms. The predicted octanol–water partition coefficient (Wildman–Crippen LogP) is 11.9. The monoisotopic (exact) mass is 730 g/mol. The van der Waals surface area contributed by atoms with Crippen LogP contribution in [0, 0.1) is 17.9 Å². The highest BCUT2D eigenvalue weighted by atomic mass is 32.2. The summed E-state index contributed by atoms with van der Waals surface area (Å²) in [5, 5.41) is 14.1. The summed E-state index contributed by atoms with van der Waals surface area (Å²) >= 11 is 1.80. The molecule has 1 spiro atoms. The molecule has 1 aliphatic heterocycles. The van der Waals surface area contributed by atoms with Gasteiger partial charge in [-0.15, -0.1) is 0 Å². The average Bonchev–Trinajstić information content (AvgIpc) is 3.87. The van der Waals surface area contributed by atoms with E-state index in [1.54, 1.807) is 11.8 Å². The number of aromatic nitrogens is 4. The van der Waals surface area contributed by atoms with Crippen LogP contribution in [-0.4, -0.2) is 19.1 Å². The number of pyridine rings is 2. The number of benzene rings is 6. The van der Waals surface area contributed by atoms with Gasteiger partial charge in [0.1, 0.15) is 0 Å². The first-order chi connectivity index (χ1) is 27.7. The van der Waals surface area contributed by atoms with Gasteiger partial charge in [0.2, 0.25) is 0 Å². The highest BCUT2D eigenvalue weighted by molar-refractivity contribution is 7.99. The molecule has 6 aromatic carbocycles. The molecular weight excluding hydrogens is 705 g/mol. The standard InChI is InChI=1S/C49H26N6S/c1-51-30-20-22-42-35(25-30)33-11-3-6-15-40(33)55(42)43-16-8-18-45-46(43)49(36-12-4-7-17-44(36)56-45)37-13-9-23-52-47(37)48-38(49)26-31(28-53-48)54-39-14-5-2-10-32(39)34-24-29(27-50)19-21-41(34)54/h2-26,28H. The van der Waals surface area contributed by atoms with Crippen molar-refractivity contribution in [2.45, 2.75) is 15.2 Å². The van der Waals surface area contributed by atoms with Gasteiger partial charge in [-0.05, 0) is 89.3 Å². The second kappa shape index (κ2) is 11.3. The first kappa shape index (κ1) is 31.0. The van der Waals surface area contributed by atoms with E-state index in [0.29, 0.717) is 11.3 Å². The fourth-order valence-electron chi connectivity index (χ4n) is 9.55. The van der Waals surface area contributed by atoms with E-state index in [9.17, 15) is 5.26 Å². The van der Waals surface area contributed by atoms with Gasteiger partial charge in [-0.1, -0.05) is 84.6 Å². The van der Waals surface area contributed by atoms with Crippen LogP contribution in [0.15, 0.2) is 168 Å². The van der Waals surface area contributed by atoms with Crippen molar-refractivity contribution >= 4 is 61.1 Å². The fourth-order valence-corrected chi connectivity index (χ4v) is 10.8. The van der Waals surface area contributed by atoms with Gasteiger partial charge in [-0.25, -0.2) is 4.85 Å². The molecular formula is C49H26N6S. The third kappa shape index (κ3) is 3.89. The van der Waals surface area contributed by atoms with Gasteiger partial charge in [0.25, 0.3) is 0 Å². The van der Waals surface area contributed by atoms with Crippen LogP contribution in [-0.2, 0) is 5.41 Å². The molecule has 1 atom stereocenters. The van der Waals surface area contributed by atoms with Gasteiger partial charge < -0.3 is 9.13 Å². The number of hydrogen-bond acceptors (Lipinski definition) is 4. The van der Waals surface area contributed by atoms with E-state index in [1.807, 2.05) is 42.7 Å². The minimum atomic E-state index is -0.781. The summed E-state index contributed by atoms with van der Waals surface area (Å²) in [6, 6.07) is 53.2. The molecule has 0 fully saturated rings. The van der Waals surface area contributed by atoms with Gasteiger partial charge >= 0.3 is 0 Å². The number of rotatable bonds is 2. The van der Waals surface area contributed by atoms with E-state index in [0.717, 1.165) is 77.5 Å². The zero-order chi connectivity index (χ0) is 37.1. The maximum absolute atomic E-state index is 9.83. The lowest BCUT2D eigenvalue weighted by Gasteiger charge is -2.40. The Morgan fingerprint density at radius 1 is 0.589 bits per heavy atom. The van der Waals surface area contributed by atoms with Crippen LogP contribution in [0.2, 0.25) is 0 Å². The highest BCUT2D eigenvalue weighted by Crippen LogP contribution is 2.63. The molecule has 0 bridgehead atoms. The van der Waals surface area contributed by atoms with Crippen LogP contribution in [0.4, 0.5) is 5.69 Å². The van der Waals surface area contributed by atoms with Gasteiger partial charge in [-0.2, -0.15) is 5.26 Å². The third-order valence-corrected chi connectivity index (χ3v) is 12.8. The number of nitrogens with zero attached hydrogens (tertiary/aromatic N) is 6. The van der Waals surface area contributed by atoms with Crippen LogP contribution < -0.4 is 0 Å². The second-order valence-electron chi connectivity index (χ2n) is 14.3. The van der Waals surface area contributed by atoms with E-state index in [1.165, 1.54) is 20.9 Å². The van der Waals surface area contributed by atoms with Crippen molar-refractivity contribution < 1.29 is 0 Å². The van der Waals surface area contributed by atoms with Gasteiger partial charge in [-0.3, -0.25) is 9.97 Å². The van der Waals surface area contributed by atoms with E-state index in [-0.39, 0.29) is 0 Å². The quantitative estimate of drug-likeness (QED) is 0.166. The number of hydrogen-bond donors (Lipinski definition) is 0. The summed E-state index contributed by atoms with van der Waals surface area (Å²) in [5.74, 6) is 0. The Balaban J connectivity index is 1.23. The van der Waals surface area contributed by atoms with E-state index in [4.69, 9.17) is 16.5 Å². The molecule has 6 nitrogen and oxygen atoms in total. The smallest absolute Gasteiger partial charge is 0.188 e. The normalized spacial score (nSPS) is 15.1. The molecule has 1 aliphatic carbocycles. The van der Waals surface area contributed by atoms with Crippen molar-refractivity contribution in [1.29, 1.82) is 5.26 Å². The minimum Gasteiger partial charge on any atom is -0.309 e. The van der Waals surface area contributed by atoms with Crippen LogP contribution in [0.5, 0.6) is 0 Å². The summed E-state index contributed by atoms with van der Waals surface area (Å²) in [7, 11) is 0. The van der Waals surface area contributed by atoms with E-state index >= 15 is 0 Å². The Morgan fingerprint density at radius 3 is 2.11 bits per heavy atom. The SMILES string of the molecule is [C-]#[N+]c1ccc2c(c1)c1ccccc1n2-c1cccc2c1C1(c3ccccc3S2)c2cccnc2-c2ncc(-n3c4ccccc4c4cc(C#N)ccc43)cc21. The number of fused-ring (bicyclic) bond motifs is 15. The Labute approximate surface area is 325 Å². The predicted molar refractivity (Wildman–Crippen MR) is 223 cm³/mol. The first-order valence-corrected chi connectivity index (χ1v) is 19.2. The Kier molecular flexibility index (Phi) is 6.24. The summed E-state index contributed by atoms with van der Waals surface area (Å²) in [6.45, 7) is 7.80. The Bertz CT molecular complexity index is 3450. The molecule has 7 heteroatoms. The maximum atomic E-state index is 9.83. The number of nitriles is 1. The number of para-hydroxylation sites is 2. The van der Waals surface area contributed by atoms with Crippen molar-refractivity contribution in [1.82, 2.24) is 19.1 Å². The van der Waals surface area contributed by atoms with Crippen LogP contribution in [0.3, 0.4) is 0 Å². The molecule has 0 N–H and O–H groups in total. The van der Waals surface area contributed by atoms with Crippen molar-refractivity contribution in [2.75, 3.05) is 0 Å². The molecule has 0 radical (unpaired) electrons. The minimum absolute atomic E-state index is 0.619. The summed E-state index contributed by atoms with van der Waals surface area (Å²) in [6.07, 6.45) is 3.84. The van der Waals surface area contributed by atoms with Crippen molar-refractivity contribution in [3.63, 3.8) is 0 Å². The second-order valence-corrected chi connectivity index (χ2v) is 15.4. The van der Waals surface area contributed by atoms with Crippen LogP contribution >= 0.6 is 11.8 Å². The zero-order valence-corrected chi connectivity index (χ0v) is 30.4. The van der Waals surface area contributed by atoms with Crippen LogP contribution in [0.1, 0.15) is 27.8 Å². The molecule has 0 saturated heterocycles. The largest absolute Gasteiger partial charge is 0.309 e. The maximum Gasteiger partial charge on any atom is 0.188 e. The third-order valence-electron chi connectivity index (χ3n) is 11.7. The highest BCUT2D eigenvalue weighted by Gasteiger charge is 2.53. The summed E-state index contributed by atoms with van der Waals surface area (Å²) in [4.78, 5) is 16.6. The Morgan fingerprint density at radius 2 is 1.27 bits per heavy atom. The molecule has 12 rings (SSSR count). The molecule has 0 amide bonds. The lowest BCUT2D eigenvalue weighted by molar-refractivity contribution is 0.712. The summed E-state index contributed by atoms with van der Waals surface area (Å²) in [5.41, 5.74) is 12.9. The summed E-state index contributed by atoms with van der Waals surface area (Å²) < 4.78 is 4.67. The first-order valence-electron chi connectivity index (χ1n) is 18.4. The van der Waals surface area contributed by atoms with Gasteiger partial charge in [0.05, 0.1) is 74.6 Å². The van der Waals surface area contributed by atoms with Gasteiger partial charge in [0.15, 0.2) is 5.69 Å². The zero-order valence-electron chi connectivity index (χ0n) is 29.6. The lowest BCUT2D eigenvalue weighted by Crippen LogP contribution is -2.33. The molecule has 2 aliphatic rings. The van der Waals surface area contributed by atoms with Crippen molar-refractivity contribution in [2.24, 2.45) is 0 Å². The van der Waals surface area contributed by atoms with Gasteiger partial charge in [0, 0.05) is 43.3 Å². The molecule has 0 saturated carbocycles. The lowest BCUT2D eigenvalue weighted by atomic mass is 9.67.